The average molecular weight is 464 g/mol. The van der Waals surface area contributed by atoms with Crippen molar-refractivity contribution >= 4 is 29.4 Å². The fraction of sp³-hybridized carbons (Fsp3) is 0.565. The van der Waals surface area contributed by atoms with Crippen molar-refractivity contribution in [1.29, 1.82) is 0 Å². The number of carbonyl (C=O) groups is 4. The lowest BCUT2D eigenvalue weighted by molar-refractivity contribution is -0.140. The molecule has 9 nitrogen and oxygen atoms in total. The molecule has 0 radical (unpaired) electrons. The van der Waals surface area contributed by atoms with Crippen molar-refractivity contribution < 1.29 is 33.4 Å². The van der Waals surface area contributed by atoms with E-state index in [1.807, 2.05) is 25.1 Å². The summed E-state index contributed by atoms with van der Waals surface area (Å²) in [5, 5.41) is 15.0. The van der Waals surface area contributed by atoms with Crippen molar-refractivity contribution in [3.63, 3.8) is 0 Å². The van der Waals surface area contributed by atoms with Gasteiger partial charge >= 0.3 is 5.97 Å². The van der Waals surface area contributed by atoms with Crippen molar-refractivity contribution in [2.75, 3.05) is 24.8 Å². The minimum atomic E-state index is -1.10. The summed E-state index contributed by atoms with van der Waals surface area (Å²) in [6.45, 7) is 2.36. The number of hydrogen-bond acceptors (Lipinski definition) is 5. The number of halogens is 1. The number of ether oxygens (including phenoxy) is 1. The minimum absolute atomic E-state index is 0.215. The fourth-order valence-electron chi connectivity index (χ4n) is 4.36. The molecule has 10 heteroatoms. The Morgan fingerprint density at radius 2 is 2.03 bits per heavy atom. The number of hydrogen-bond donors (Lipinski definition) is 3. The Bertz CT molecular complexity index is 923. The number of amides is 3. The molecule has 1 aromatic rings. The molecule has 4 atom stereocenters. The number of nitrogens with zero attached hydrogens (tertiary/aromatic N) is 1. The van der Waals surface area contributed by atoms with Gasteiger partial charge in [-0.1, -0.05) is 38.5 Å². The molecule has 3 amide bonds. The van der Waals surface area contributed by atoms with Crippen molar-refractivity contribution in [3.8, 4) is 0 Å². The summed E-state index contributed by atoms with van der Waals surface area (Å²) in [5.41, 5.74) is 2.31. The molecular weight excluding hydrogens is 433 g/mol. The second-order valence-corrected chi connectivity index (χ2v) is 8.46. The van der Waals surface area contributed by atoms with Crippen molar-refractivity contribution in [1.82, 2.24) is 10.6 Å². The number of carboxylic acids is 1. The number of benzene rings is 1. The Hall–Kier alpha value is -3.01. The lowest BCUT2D eigenvalue weighted by Gasteiger charge is -2.29. The number of alkyl halides is 1. The van der Waals surface area contributed by atoms with Crippen molar-refractivity contribution in [3.05, 3.63) is 29.3 Å². The van der Waals surface area contributed by atoms with Crippen molar-refractivity contribution in [2.45, 2.75) is 57.7 Å². The van der Waals surface area contributed by atoms with Gasteiger partial charge in [0.25, 0.3) is 0 Å². The van der Waals surface area contributed by atoms with Gasteiger partial charge in [0.05, 0.1) is 12.3 Å². The maximum atomic E-state index is 13.4. The number of aliphatic carboxylic acids is 1. The molecule has 3 N–H and O–H groups in total. The maximum Gasteiger partial charge on any atom is 0.327 e. The Balaban J connectivity index is 1.77. The quantitative estimate of drug-likeness (QED) is 0.444. The number of aryl methyl sites for hydroxylation is 1. The van der Waals surface area contributed by atoms with E-state index in [4.69, 9.17) is 4.74 Å². The number of carbonyl (C=O) groups excluding carboxylic acids is 3. The smallest absolute Gasteiger partial charge is 0.327 e. The van der Waals surface area contributed by atoms with Gasteiger partial charge in [-0.05, 0) is 29.9 Å². The average Bonchev–Trinajstić information content (AvgIpc) is 3.13. The van der Waals surface area contributed by atoms with Crippen LogP contribution in [-0.2, 0) is 36.8 Å². The van der Waals surface area contributed by atoms with E-state index in [0.29, 0.717) is 24.9 Å². The molecule has 0 bridgehead atoms. The highest BCUT2D eigenvalue weighted by molar-refractivity contribution is 6.07. The van der Waals surface area contributed by atoms with Gasteiger partial charge in [0.2, 0.25) is 17.7 Å². The highest BCUT2D eigenvalue weighted by Gasteiger charge is 2.44. The molecule has 0 spiro atoms. The molecule has 2 heterocycles. The largest absolute Gasteiger partial charge is 0.480 e. The number of para-hydroxylation sites is 1. The van der Waals surface area contributed by atoms with Crippen LogP contribution in [0.3, 0.4) is 0 Å². The van der Waals surface area contributed by atoms with Crippen LogP contribution in [0.1, 0.15) is 37.8 Å². The molecule has 0 aliphatic carbocycles. The first-order valence-corrected chi connectivity index (χ1v) is 11.2. The first-order chi connectivity index (χ1) is 15.8. The fourth-order valence-corrected chi connectivity index (χ4v) is 4.36. The lowest BCUT2D eigenvalue weighted by atomic mass is 9.97. The third-order valence-electron chi connectivity index (χ3n) is 6.28. The van der Waals surface area contributed by atoms with Crippen LogP contribution in [-0.4, -0.2) is 66.8 Å². The van der Waals surface area contributed by atoms with E-state index in [0.717, 1.165) is 11.1 Å². The van der Waals surface area contributed by atoms with Crippen LogP contribution in [0, 0.1) is 5.92 Å². The third kappa shape index (κ3) is 5.32. The van der Waals surface area contributed by atoms with Gasteiger partial charge < -0.3 is 20.5 Å². The third-order valence-corrected chi connectivity index (χ3v) is 6.28. The first kappa shape index (κ1) is 24.6. The van der Waals surface area contributed by atoms with Crippen LogP contribution in [0.5, 0.6) is 0 Å². The summed E-state index contributed by atoms with van der Waals surface area (Å²) >= 11 is 0. The van der Waals surface area contributed by atoms with E-state index in [1.54, 1.807) is 6.92 Å². The van der Waals surface area contributed by atoms with Gasteiger partial charge in [-0.25, -0.2) is 9.18 Å². The SMILES string of the molecule is CC[C@@H](C)[C@H](NC(=O)COCCF)C(=O)N[C@H]1CCc2cccc3c2N(C1=O)[C@H](C(=O)O)C3. The molecule has 0 aromatic heterocycles. The van der Waals surface area contributed by atoms with E-state index < -0.39 is 48.5 Å². The highest BCUT2D eigenvalue weighted by Crippen LogP contribution is 2.39. The van der Waals surface area contributed by atoms with Crippen LogP contribution in [0.2, 0.25) is 0 Å². The molecular formula is C23H30FN3O6. The van der Waals surface area contributed by atoms with Crippen LogP contribution in [0.15, 0.2) is 18.2 Å². The highest BCUT2D eigenvalue weighted by atomic mass is 19.1. The Morgan fingerprint density at radius 3 is 2.70 bits per heavy atom. The molecule has 33 heavy (non-hydrogen) atoms. The predicted molar refractivity (Wildman–Crippen MR) is 117 cm³/mol. The maximum absolute atomic E-state index is 13.4. The lowest BCUT2D eigenvalue weighted by Crippen LogP contribution is -2.57. The topological polar surface area (TPSA) is 125 Å². The van der Waals surface area contributed by atoms with Crippen LogP contribution in [0.4, 0.5) is 10.1 Å². The zero-order chi connectivity index (χ0) is 24.1. The van der Waals surface area contributed by atoms with Gasteiger partial charge in [0.15, 0.2) is 0 Å². The number of rotatable bonds is 10. The number of nitrogens with one attached hydrogen (secondary N) is 2. The summed E-state index contributed by atoms with van der Waals surface area (Å²) in [6, 6.07) is 2.67. The van der Waals surface area contributed by atoms with E-state index >= 15 is 0 Å². The minimum Gasteiger partial charge on any atom is -0.480 e. The number of carboxylic acid groups (broad SMARTS) is 1. The molecule has 1 aromatic carbocycles. The van der Waals surface area contributed by atoms with Gasteiger partial charge in [-0.3, -0.25) is 19.3 Å². The Kier molecular flexibility index (Phi) is 8.01. The molecule has 2 aliphatic heterocycles. The normalized spacial score (nSPS) is 21.1. The molecule has 0 unspecified atom stereocenters. The molecule has 180 valence electrons. The molecule has 0 saturated heterocycles. The zero-order valence-electron chi connectivity index (χ0n) is 18.8. The van der Waals surface area contributed by atoms with E-state index in [-0.39, 0.29) is 25.6 Å². The molecule has 2 aliphatic rings. The second-order valence-electron chi connectivity index (χ2n) is 8.46. The number of anilines is 1. The van der Waals surface area contributed by atoms with Crippen molar-refractivity contribution in [2.24, 2.45) is 5.92 Å². The van der Waals surface area contributed by atoms with Gasteiger partial charge in [-0.15, -0.1) is 0 Å². The summed E-state index contributed by atoms with van der Waals surface area (Å²) in [6.07, 6.45) is 1.62. The molecule has 3 rings (SSSR count). The van der Waals surface area contributed by atoms with E-state index in [1.165, 1.54) is 4.90 Å². The zero-order valence-corrected chi connectivity index (χ0v) is 18.8. The first-order valence-electron chi connectivity index (χ1n) is 11.2. The van der Waals surface area contributed by atoms with Crippen LogP contribution < -0.4 is 15.5 Å². The Labute approximate surface area is 191 Å². The van der Waals surface area contributed by atoms with Gasteiger partial charge in [0.1, 0.15) is 31.4 Å². The Morgan fingerprint density at radius 1 is 1.30 bits per heavy atom. The predicted octanol–water partition coefficient (Wildman–Crippen LogP) is 0.977. The van der Waals surface area contributed by atoms with Crippen LogP contribution >= 0.6 is 0 Å². The van der Waals surface area contributed by atoms with E-state index in [2.05, 4.69) is 10.6 Å². The standard InChI is InChI=1S/C23H30FN3O6/c1-3-13(2)19(26-18(28)12-33-10-9-24)21(29)25-16-8-7-14-5-4-6-15-11-17(23(31)32)27(20(14)15)22(16)30/h4-6,13,16-17,19H,3,7-12H2,1-2H3,(H,25,29)(H,26,28)(H,31,32)/t13-,16+,17+,19+/m1/s1. The van der Waals surface area contributed by atoms with Crippen LogP contribution in [0.25, 0.3) is 0 Å². The monoisotopic (exact) mass is 463 g/mol. The second kappa shape index (κ2) is 10.7. The molecule has 0 saturated carbocycles. The summed E-state index contributed by atoms with van der Waals surface area (Å²) in [5.74, 6) is -2.90. The summed E-state index contributed by atoms with van der Waals surface area (Å²) < 4.78 is 17.1. The molecule has 0 fully saturated rings. The van der Waals surface area contributed by atoms with Gasteiger partial charge in [0, 0.05) is 6.42 Å². The summed E-state index contributed by atoms with van der Waals surface area (Å²) in [4.78, 5) is 51.8. The summed E-state index contributed by atoms with van der Waals surface area (Å²) in [7, 11) is 0. The van der Waals surface area contributed by atoms with Gasteiger partial charge in [-0.2, -0.15) is 0 Å². The van der Waals surface area contributed by atoms with E-state index in [9.17, 15) is 28.7 Å².